The van der Waals surface area contributed by atoms with Gasteiger partial charge in [0, 0.05) is 23.0 Å². The van der Waals surface area contributed by atoms with E-state index in [1.54, 1.807) is 0 Å². The van der Waals surface area contributed by atoms with E-state index in [0.717, 1.165) is 23.7 Å². The van der Waals surface area contributed by atoms with E-state index in [0.29, 0.717) is 17.3 Å². The Kier molecular flexibility index (Phi) is 4.46. The summed E-state index contributed by atoms with van der Waals surface area (Å²) in [6.45, 7) is 0.721. The Morgan fingerprint density at radius 1 is 1.19 bits per heavy atom. The van der Waals surface area contributed by atoms with Crippen LogP contribution in [-0.4, -0.2) is 17.3 Å². The Morgan fingerprint density at radius 3 is 2.71 bits per heavy atom. The maximum atomic E-state index is 5.93. The number of thiocarbonyl (C=S) groups is 1. The Morgan fingerprint density at radius 2 is 1.95 bits per heavy atom. The van der Waals surface area contributed by atoms with Crippen LogP contribution in [0, 0.1) is 0 Å². The Balaban J connectivity index is 1.60. The molecule has 2 aromatic carbocycles. The lowest BCUT2D eigenvalue weighted by atomic mass is 10.0. The fourth-order valence-corrected chi connectivity index (χ4v) is 3.87. The van der Waals surface area contributed by atoms with E-state index >= 15 is 0 Å². The minimum Gasteiger partial charge on any atom is -0.493 e. The maximum Gasteiger partial charge on any atom is 0.119 e. The highest BCUT2D eigenvalue weighted by atomic mass is 32.2. The van der Waals surface area contributed by atoms with Crippen molar-refractivity contribution >= 4 is 29.0 Å². The third-order valence-corrected chi connectivity index (χ3v) is 4.95. The fourth-order valence-electron chi connectivity index (χ4n) is 2.47. The molecule has 2 N–H and O–H groups in total. The van der Waals surface area contributed by atoms with Crippen LogP contribution >= 0.6 is 24.0 Å². The van der Waals surface area contributed by atoms with Crippen molar-refractivity contribution in [1.29, 1.82) is 0 Å². The largest absolute Gasteiger partial charge is 0.493 e. The number of thioether (sulfide) groups is 1. The van der Waals surface area contributed by atoms with Crippen molar-refractivity contribution < 1.29 is 4.74 Å². The summed E-state index contributed by atoms with van der Waals surface area (Å²) < 4.78 is 5.93. The first-order valence-electron chi connectivity index (χ1n) is 6.94. The van der Waals surface area contributed by atoms with Gasteiger partial charge in [-0.2, -0.15) is 0 Å². The first-order chi connectivity index (χ1) is 10.2. The van der Waals surface area contributed by atoms with E-state index in [1.807, 2.05) is 36.0 Å². The summed E-state index contributed by atoms with van der Waals surface area (Å²) in [5.41, 5.74) is 8.08. The fraction of sp³-hybridized carbons (Fsp3) is 0.235. The summed E-state index contributed by atoms with van der Waals surface area (Å²) in [6.07, 6.45) is 0.641. The highest BCUT2D eigenvalue weighted by Gasteiger charge is 2.23. The lowest BCUT2D eigenvalue weighted by Gasteiger charge is -2.13. The molecule has 1 atom stereocenters. The van der Waals surface area contributed by atoms with Gasteiger partial charge in [0.05, 0.1) is 11.6 Å². The van der Waals surface area contributed by atoms with Gasteiger partial charge in [-0.3, -0.25) is 0 Å². The number of ether oxygens (including phenoxy) is 1. The van der Waals surface area contributed by atoms with E-state index in [2.05, 4.69) is 24.3 Å². The van der Waals surface area contributed by atoms with Crippen LogP contribution in [0.5, 0.6) is 5.75 Å². The van der Waals surface area contributed by atoms with Gasteiger partial charge >= 0.3 is 0 Å². The van der Waals surface area contributed by atoms with Crippen LogP contribution in [0.25, 0.3) is 0 Å². The predicted molar refractivity (Wildman–Crippen MR) is 92.3 cm³/mol. The topological polar surface area (TPSA) is 35.2 Å². The molecule has 2 aromatic rings. The second-order valence-corrected chi connectivity index (χ2v) is 6.73. The molecule has 4 heteroatoms. The third-order valence-electron chi connectivity index (χ3n) is 3.55. The van der Waals surface area contributed by atoms with E-state index in [-0.39, 0.29) is 0 Å². The Labute approximate surface area is 134 Å². The molecule has 0 bridgehead atoms. The van der Waals surface area contributed by atoms with Crippen LogP contribution in [0.2, 0.25) is 0 Å². The van der Waals surface area contributed by atoms with Crippen LogP contribution in [-0.2, 0) is 6.42 Å². The lowest BCUT2D eigenvalue weighted by molar-refractivity contribution is 0.298. The molecular formula is C17H17NOS2. The zero-order chi connectivity index (χ0) is 14.7. The van der Waals surface area contributed by atoms with E-state index in [4.69, 9.17) is 22.7 Å². The van der Waals surface area contributed by atoms with Crippen molar-refractivity contribution in [2.75, 3.05) is 12.4 Å². The van der Waals surface area contributed by atoms with Crippen molar-refractivity contribution in [2.24, 2.45) is 5.73 Å². The van der Waals surface area contributed by atoms with E-state index < -0.39 is 0 Å². The van der Waals surface area contributed by atoms with Crippen LogP contribution in [0.1, 0.15) is 17.0 Å². The minimum atomic E-state index is 0.475. The van der Waals surface area contributed by atoms with Crippen molar-refractivity contribution in [3.05, 3.63) is 59.7 Å². The van der Waals surface area contributed by atoms with Crippen molar-refractivity contribution in [2.45, 2.75) is 17.2 Å². The molecule has 1 heterocycles. The summed E-state index contributed by atoms with van der Waals surface area (Å²) in [6, 6.07) is 16.6. The van der Waals surface area contributed by atoms with Gasteiger partial charge in [0.1, 0.15) is 5.75 Å². The van der Waals surface area contributed by atoms with Gasteiger partial charge in [0.25, 0.3) is 0 Å². The number of nitrogens with two attached hydrogens (primary N) is 1. The molecule has 0 spiro atoms. The third kappa shape index (κ3) is 3.57. The molecule has 1 unspecified atom stereocenters. The van der Waals surface area contributed by atoms with Gasteiger partial charge in [0.2, 0.25) is 0 Å². The first-order valence-corrected chi connectivity index (χ1v) is 8.33. The van der Waals surface area contributed by atoms with Crippen LogP contribution in [0.3, 0.4) is 0 Å². The molecule has 0 saturated heterocycles. The molecule has 1 aliphatic rings. The molecule has 2 nitrogen and oxygen atoms in total. The standard InChI is InChI=1S/C17H17NOS2/c18-17(20)9-12-5-7-14(8-6-12)19-10-13-11-21-16-4-2-1-3-15(13)16/h1-8,13H,9-11H2,(H2,18,20). The second-order valence-electron chi connectivity index (χ2n) is 5.14. The van der Waals surface area contributed by atoms with Gasteiger partial charge in [-0.05, 0) is 29.3 Å². The Bertz CT molecular complexity index is 639. The van der Waals surface area contributed by atoms with Crippen LogP contribution < -0.4 is 10.5 Å². The molecule has 0 aromatic heterocycles. The molecule has 0 aliphatic carbocycles. The second kappa shape index (κ2) is 6.50. The van der Waals surface area contributed by atoms with Gasteiger partial charge < -0.3 is 10.5 Å². The SMILES string of the molecule is NC(=S)Cc1ccc(OCC2CSc3ccccc32)cc1. The summed E-state index contributed by atoms with van der Waals surface area (Å²) in [5.74, 6) is 2.47. The number of hydrogen-bond acceptors (Lipinski definition) is 3. The number of benzene rings is 2. The summed E-state index contributed by atoms with van der Waals surface area (Å²) in [4.78, 5) is 1.90. The first kappa shape index (κ1) is 14.4. The molecule has 1 aliphatic heterocycles. The molecule has 3 rings (SSSR count). The molecule has 0 amide bonds. The van der Waals surface area contributed by atoms with Crippen LogP contribution in [0.15, 0.2) is 53.4 Å². The van der Waals surface area contributed by atoms with E-state index in [1.165, 1.54) is 10.5 Å². The average molecular weight is 315 g/mol. The number of hydrogen-bond donors (Lipinski definition) is 1. The predicted octanol–water partition coefficient (Wildman–Crippen LogP) is 3.78. The van der Waals surface area contributed by atoms with Gasteiger partial charge in [0.15, 0.2) is 0 Å². The smallest absolute Gasteiger partial charge is 0.119 e. The summed E-state index contributed by atoms with van der Waals surface area (Å²) in [5, 5.41) is 0. The highest BCUT2D eigenvalue weighted by molar-refractivity contribution is 7.99. The quantitative estimate of drug-likeness (QED) is 0.852. The number of fused-ring (bicyclic) bond motifs is 1. The average Bonchev–Trinajstić information content (AvgIpc) is 2.89. The monoisotopic (exact) mass is 315 g/mol. The molecule has 0 saturated carbocycles. The highest BCUT2D eigenvalue weighted by Crippen LogP contribution is 2.39. The Hall–Kier alpha value is -1.52. The van der Waals surface area contributed by atoms with E-state index in [9.17, 15) is 0 Å². The molecule has 108 valence electrons. The minimum absolute atomic E-state index is 0.475. The van der Waals surface area contributed by atoms with Crippen molar-refractivity contribution in [1.82, 2.24) is 0 Å². The zero-order valence-corrected chi connectivity index (χ0v) is 13.3. The normalized spacial score (nSPS) is 16.5. The summed E-state index contributed by atoms with van der Waals surface area (Å²) >= 11 is 6.83. The van der Waals surface area contributed by atoms with Crippen molar-refractivity contribution in [3.8, 4) is 5.75 Å². The molecule has 21 heavy (non-hydrogen) atoms. The van der Waals surface area contributed by atoms with Crippen LogP contribution in [0.4, 0.5) is 0 Å². The van der Waals surface area contributed by atoms with Gasteiger partial charge in [-0.25, -0.2) is 0 Å². The van der Waals surface area contributed by atoms with Crippen molar-refractivity contribution in [3.63, 3.8) is 0 Å². The number of rotatable bonds is 5. The van der Waals surface area contributed by atoms with Gasteiger partial charge in [-0.15, -0.1) is 11.8 Å². The molecular weight excluding hydrogens is 298 g/mol. The van der Waals surface area contributed by atoms with Gasteiger partial charge in [-0.1, -0.05) is 42.5 Å². The summed E-state index contributed by atoms with van der Waals surface area (Å²) in [7, 11) is 0. The molecule has 0 radical (unpaired) electrons. The lowest BCUT2D eigenvalue weighted by Crippen LogP contribution is -2.11. The maximum absolute atomic E-state index is 5.93. The zero-order valence-electron chi connectivity index (χ0n) is 11.6. The molecule has 0 fully saturated rings.